The number of hydrogen-bond acceptors (Lipinski definition) is 1. The summed E-state index contributed by atoms with van der Waals surface area (Å²) in [6, 6.07) is 8.64. The lowest BCUT2D eigenvalue weighted by Crippen LogP contribution is -2.16. The van der Waals surface area contributed by atoms with Gasteiger partial charge >= 0.3 is 0 Å². The fourth-order valence-corrected chi connectivity index (χ4v) is 4.20. The van der Waals surface area contributed by atoms with Crippen LogP contribution < -0.4 is 0 Å². The standard InChI is InChI=1S/C20H23N/c1-14-16-10-5-6-13-19(16)21-20-17(14)11-7-12-18(20)15-8-3-2-4-9-15/h5-6,8,10,13,18H,2-4,7,9,11-12H2,1H3. The Balaban J connectivity index is 1.89. The number of aryl methyl sites for hydroxylation is 1. The molecule has 2 aliphatic rings. The first kappa shape index (κ1) is 13.1. The van der Waals surface area contributed by atoms with Crippen LogP contribution in [0, 0.1) is 6.92 Å². The maximum Gasteiger partial charge on any atom is 0.0708 e. The molecule has 1 unspecified atom stereocenters. The smallest absolute Gasteiger partial charge is 0.0708 e. The number of pyridine rings is 1. The molecule has 0 saturated carbocycles. The van der Waals surface area contributed by atoms with Crippen LogP contribution in [0.15, 0.2) is 35.9 Å². The van der Waals surface area contributed by atoms with E-state index in [-0.39, 0.29) is 0 Å². The van der Waals surface area contributed by atoms with Crippen LogP contribution in [0.4, 0.5) is 0 Å². The van der Waals surface area contributed by atoms with Crippen LogP contribution in [0.25, 0.3) is 10.9 Å². The van der Waals surface area contributed by atoms with Crippen molar-refractivity contribution >= 4 is 10.9 Å². The molecule has 21 heavy (non-hydrogen) atoms. The maximum absolute atomic E-state index is 5.09. The zero-order chi connectivity index (χ0) is 14.2. The summed E-state index contributed by atoms with van der Waals surface area (Å²) in [6.45, 7) is 2.29. The van der Waals surface area contributed by atoms with Crippen molar-refractivity contribution in [1.29, 1.82) is 0 Å². The summed E-state index contributed by atoms with van der Waals surface area (Å²) in [7, 11) is 0. The zero-order valence-corrected chi connectivity index (χ0v) is 12.9. The van der Waals surface area contributed by atoms with Crippen molar-refractivity contribution in [3.63, 3.8) is 0 Å². The summed E-state index contributed by atoms with van der Waals surface area (Å²) in [4.78, 5) is 5.09. The van der Waals surface area contributed by atoms with Gasteiger partial charge in [0.1, 0.15) is 0 Å². The normalized spacial score (nSPS) is 22.0. The molecule has 1 aromatic heterocycles. The Morgan fingerprint density at radius 3 is 2.81 bits per heavy atom. The highest BCUT2D eigenvalue weighted by atomic mass is 14.7. The molecule has 0 saturated heterocycles. The van der Waals surface area contributed by atoms with Gasteiger partial charge in [-0.2, -0.15) is 0 Å². The van der Waals surface area contributed by atoms with E-state index in [0.717, 1.165) is 0 Å². The molecular weight excluding hydrogens is 254 g/mol. The van der Waals surface area contributed by atoms with Crippen LogP contribution in [-0.2, 0) is 6.42 Å². The lowest BCUT2D eigenvalue weighted by molar-refractivity contribution is 0.551. The molecule has 0 radical (unpaired) electrons. The van der Waals surface area contributed by atoms with Crippen LogP contribution in [0.3, 0.4) is 0 Å². The van der Waals surface area contributed by atoms with Crippen LogP contribution in [0.2, 0.25) is 0 Å². The molecule has 108 valence electrons. The number of rotatable bonds is 1. The van der Waals surface area contributed by atoms with E-state index in [0.29, 0.717) is 5.92 Å². The first-order valence-corrected chi connectivity index (χ1v) is 8.41. The van der Waals surface area contributed by atoms with Crippen LogP contribution >= 0.6 is 0 Å². The van der Waals surface area contributed by atoms with E-state index in [1.165, 1.54) is 72.7 Å². The second-order valence-electron chi connectivity index (χ2n) is 6.59. The number of hydrogen-bond donors (Lipinski definition) is 0. The molecule has 1 atom stereocenters. The molecular formula is C20H23N. The molecule has 0 amide bonds. The van der Waals surface area contributed by atoms with Crippen LogP contribution in [-0.4, -0.2) is 4.98 Å². The van der Waals surface area contributed by atoms with Crippen molar-refractivity contribution in [2.75, 3.05) is 0 Å². The van der Waals surface area contributed by atoms with Crippen molar-refractivity contribution in [3.8, 4) is 0 Å². The second-order valence-corrected chi connectivity index (χ2v) is 6.59. The lowest BCUT2D eigenvalue weighted by Gasteiger charge is -2.30. The van der Waals surface area contributed by atoms with Gasteiger partial charge in [0.2, 0.25) is 0 Å². The molecule has 1 aromatic carbocycles. The number of nitrogens with zero attached hydrogens (tertiary/aromatic N) is 1. The minimum Gasteiger partial charge on any atom is -0.252 e. The summed E-state index contributed by atoms with van der Waals surface area (Å²) in [6.07, 6.45) is 11.6. The van der Waals surface area contributed by atoms with Gasteiger partial charge in [-0.25, -0.2) is 0 Å². The molecule has 1 nitrogen and oxygen atoms in total. The Hall–Kier alpha value is -1.63. The highest BCUT2D eigenvalue weighted by Crippen LogP contribution is 2.41. The number of fused-ring (bicyclic) bond motifs is 2. The van der Waals surface area contributed by atoms with Gasteiger partial charge in [0.25, 0.3) is 0 Å². The zero-order valence-electron chi connectivity index (χ0n) is 12.9. The highest BCUT2D eigenvalue weighted by Gasteiger charge is 2.27. The Bertz CT molecular complexity index is 711. The van der Waals surface area contributed by atoms with E-state index < -0.39 is 0 Å². The molecule has 0 fully saturated rings. The summed E-state index contributed by atoms with van der Waals surface area (Å²) in [5.41, 5.74) is 7.25. The quantitative estimate of drug-likeness (QED) is 0.630. The predicted octanol–water partition coefficient (Wildman–Crippen LogP) is 5.46. The van der Waals surface area contributed by atoms with Crippen molar-refractivity contribution in [2.24, 2.45) is 0 Å². The highest BCUT2D eigenvalue weighted by molar-refractivity contribution is 5.83. The fourth-order valence-electron chi connectivity index (χ4n) is 4.20. The SMILES string of the molecule is Cc1c2c(nc3ccccc13)C(C1=CCCCC1)CCC2. The van der Waals surface area contributed by atoms with Gasteiger partial charge < -0.3 is 0 Å². The fraction of sp³-hybridized carbons (Fsp3) is 0.450. The summed E-state index contributed by atoms with van der Waals surface area (Å²) in [5, 5.41) is 1.34. The molecule has 0 spiro atoms. The average Bonchev–Trinajstić information content (AvgIpc) is 2.56. The van der Waals surface area contributed by atoms with E-state index in [4.69, 9.17) is 4.98 Å². The summed E-state index contributed by atoms with van der Waals surface area (Å²) in [5.74, 6) is 0.595. The molecule has 0 N–H and O–H groups in total. The Morgan fingerprint density at radius 1 is 1.05 bits per heavy atom. The molecule has 2 aliphatic carbocycles. The lowest BCUT2D eigenvalue weighted by atomic mass is 9.77. The van der Waals surface area contributed by atoms with Crippen molar-refractivity contribution < 1.29 is 0 Å². The van der Waals surface area contributed by atoms with E-state index in [1.54, 1.807) is 5.57 Å². The first-order chi connectivity index (χ1) is 10.3. The van der Waals surface area contributed by atoms with Crippen LogP contribution in [0.1, 0.15) is 61.3 Å². The van der Waals surface area contributed by atoms with Crippen molar-refractivity contribution in [3.05, 3.63) is 52.7 Å². The third-order valence-electron chi connectivity index (χ3n) is 5.33. The third kappa shape index (κ3) is 2.19. The molecule has 0 aliphatic heterocycles. The number of allylic oxidation sites excluding steroid dienone is 2. The molecule has 0 bridgehead atoms. The van der Waals surface area contributed by atoms with Crippen molar-refractivity contribution in [2.45, 2.75) is 57.8 Å². The van der Waals surface area contributed by atoms with Gasteiger partial charge in [0.05, 0.1) is 11.2 Å². The van der Waals surface area contributed by atoms with E-state index in [1.807, 2.05) is 0 Å². The number of benzene rings is 1. The van der Waals surface area contributed by atoms with Gasteiger partial charge in [-0.05, 0) is 69.1 Å². The minimum atomic E-state index is 0.595. The van der Waals surface area contributed by atoms with Gasteiger partial charge in [-0.15, -0.1) is 0 Å². The number of para-hydroxylation sites is 1. The molecule has 1 heteroatoms. The predicted molar refractivity (Wildman–Crippen MR) is 88.7 cm³/mol. The number of aromatic nitrogens is 1. The van der Waals surface area contributed by atoms with Gasteiger partial charge in [0, 0.05) is 11.3 Å². The van der Waals surface area contributed by atoms with E-state index in [9.17, 15) is 0 Å². The van der Waals surface area contributed by atoms with E-state index in [2.05, 4.69) is 37.3 Å². The maximum atomic E-state index is 5.09. The summed E-state index contributed by atoms with van der Waals surface area (Å²) >= 11 is 0. The Labute approximate surface area is 127 Å². The molecule has 4 rings (SSSR count). The topological polar surface area (TPSA) is 12.9 Å². The first-order valence-electron chi connectivity index (χ1n) is 8.41. The van der Waals surface area contributed by atoms with Gasteiger partial charge in [-0.1, -0.05) is 29.8 Å². The van der Waals surface area contributed by atoms with Crippen molar-refractivity contribution in [1.82, 2.24) is 4.98 Å². The largest absolute Gasteiger partial charge is 0.252 e. The minimum absolute atomic E-state index is 0.595. The Kier molecular flexibility index (Phi) is 3.29. The monoisotopic (exact) mass is 277 g/mol. The average molecular weight is 277 g/mol. The van der Waals surface area contributed by atoms with Gasteiger partial charge in [0.15, 0.2) is 0 Å². The van der Waals surface area contributed by atoms with Crippen LogP contribution in [0.5, 0.6) is 0 Å². The van der Waals surface area contributed by atoms with Gasteiger partial charge in [-0.3, -0.25) is 4.98 Å². The summed E-state index contributed by atoms with van der Waals surface area (Å²) < 4.78 is 0. The molecule has 1 heterocycles. The second kappa shape index (κ2) is 5.29. The third-order valence-corrected chi connectivity index (χ3v) is 5.33. The van der Waals surface area contributed by atoms with E-state index >= 15 is 0 Å². The molecule has 2 aromatic rings. The Morgan fingerprint density at radius 2 is 1.95 bits per heavy atom.